The Morgan fingerprint density at radius 2 is 2.09 bits per heavy atom. The van der Waals surface area contributed by atoms with Gasteiger partial charge in [0, 0.05) is 23.5 Å². The van der Waals surface area contributed by atoms with Crippen molar-refractivity contribution < 1.29 is 8.42 Å². The SMILES string of the molecule is CC(CNS(=O)(=O)c1cccc2c(Cl)nccc12)N=C(N)N. The van der Waals surface area contributed by atoms with E-state index < -0.39 is 10.0 Å². The zero-order valence-electron chi connectivity index (χ0n) is 11.8. The van der Waals surface area contributed by atoms with E-state index in [1.165, 1.54) is 12.3 Å². The van der Waals surface area contributed by atoms with Crippen LogP contribution in [0.2, 0.25) is 5.15 Å². The Balaban J connectivity index is 2.35. The summed E-state index contributed by atoms with van der Waals surface area (Å²) in [5, 5.41) is 1.33. The van der Waals surface area contributed by atoms with Crippen LogP contribution in [0.5, 0.6) is 0 Å². The normalized spacial score (nSPS) is 13.0. The topological polar surface area (TPSA) is 123 Å². The summed E-state index contributed by atoms with van der Waals surface area (Å²) in [6, 6.07) is 6.07. The number of aromatic nitrogens is 1. The number of hydrogen-bond acceptors (Lipinski definition) is 4. The molecule has 2 rings (SSSR count). The van der Waals surface area contributed by atoms with Gasteiger partial charge in [-0.3, -0.25) is 0 Å². The third kappa shape index (κ3) is 3.65. The van der Waals surface area contributed by atoms with Gasteiger partial charge in [-0.1, -0.05) is 23.7 Å². The van der Waals surface area contributed by atoms with E-state index in [0.717, 1.165) is 0 Å². The lowest BCUT2D eigenvalue weighted by molar-refractivity contribution is 0.575. The number of guanidine groups is 1. The third-order valence-corrected chi connectivity index (χ3v) is 4.73. The van der Waals surface area contributed by atoms with E-state index in [-0.39, 0.29) is 28.6 Å². The molecule has 0 spiro atoms. The van der Waals surface area contributed by atoms with Gasteiger partial charge in [-0.2, -0.15) is 0 Å². The fourth-order valence-electron chi connectivity index (χ4n) is 1.99. The number of benzene rings is 1. The molecule has 0 radical (unpaired) electrons. The maximum Gasteiger partial charge on any atom is 0.241 e. The molecular formula is C13H16ClN5O2S. The summed E-state index contributed by atoms with van der Waals surface area (Å²) >= 11 is 5.99. The minimum absolute atomic E-state index is 0.0788. The Bertz CT molecular complexity index is 818. The predicted octanol–water partition coefficient (Wildman–Crippen LogP) is 0.828. The predicted molar refractivity (Wildman–Crippen MR) is 87.2 cm³/mol. The first kappa shape index (κ1) is 16.5. The number of rotatable bonds is 5. The van der Waals surface area contributed by atoms with Crippen LogP contribution in [0.4, 0.5) is 0 Å². The molecular weight excluding hydrogens is 326 g/mol. The quantitative estimate of drug-likeness (QED) is 0.422. The van der Waals surface area contributed by atoms with E-state index in [0.29, 0.717) is 10.8 Å². The molecule has 1 atom stereocenters. The fourth-order valence-corrected chi connectivity index (χ4v) is 3.55. The standard InChI is InChI=1S/C13H16ClN5O2S/c1-8(19-13(15)16)7-18-22(20,21)11-4-2-3-10-9(11)5-6-17-12(10)14/h2-6,8,18H,7H2,1H3,(H4,15,16,19). The molecule has 0 aliphatic carbocycles. The molecule has 0 bridgehead atoms. The van der Waals surface area contributed by atoms with Crippen molar-refractivity contribution in [1.82, 2.24) is 9.71 Å². The minimum atomic E-state index is -3.72. The van der Waals surface area contributed by atoms with E-state index in [4.69, 9.17) is 23.1 Å². The number of sulfonamides is 1. The number of nitrogens with one attached hydrogen (secondary N) is 1. The van der Waals surface area contributed by atoms with Crippen molar-refractivity contribution >= 4 is 38.4 Å². The van der Waals surface area contributed by atoms with Crippen LogP contribution < -0.4 is 16.2 Å². The van der Waals surface area contributed by atoms with Gasteiger partial charge in [0.05, 0.1) is 10.9 Å². The zero-order valence-corrected chi connectivity index (χ0v) is 13.4. The second-order valence-corrected chi connectivity index (χ2v) is 6.80. The van der Waals surface area contributed by atoms with Gasteiger partial charge in [-0.15, -0.1) is 0 Å². The number of hydrogen-bond donors (Lipinski definition) is 3. The first-order valence-electron chi connectivity index (χ1n) is 6.43. The van der Waals surface area contributed by atoms with Gasteiger partial charge in [0.25, 0.3) is 0 Å². The first-order valence-corrected chi connectivity index (χ1v) is 8.29. The molecule has 1 heterocycles. The molecule has 9 heteroatoms. The zero-order chi connectivity index (χ0) is 16.3. The van der Waals surface area contributed by atoms with Gasteiger partial charge in [0.2, 0.25) is 10.0 Å². The average molecular weight is 342 g/mol. The van der Waals surface area contributed by atoms with E-state index in [2.05, 4.69) is 14.7 Å². The van der Waals surface area contributed by atoms with Crippen LogP contribution in [0.3, 0.4) is 0 Å². The van der Waals surface area contributed by atoms with Crippen LogP contribution in [-0.2, 0) is 10.0 Å². The Morgan fingerprint density at radius 1 is 1.36 bits per heavy atom. The Labute approximate surface area is 133 Å². The van der Waals surface area contributed by atoms with E-state index in [9.17, 15) is 8.42 Å². The molecule has 0 aliphatic rings. The molecule has 1 unspecified atom stereocenters. The van der Waals surface area contributed by atoms with Crippen molar-refractivity contribution in [2.45, 2.75) is 17.9 Å². The molecule has 0 aliphatic heterocycles. The highest BCUT2D eigenvalue weighted by atomic mass is 35.5. The molecule has 0 amide bonds. The highest BCUT2D eigenvalue weighted by Gasteiger charge is 2.18. The molecule has 2 aromatic rings. The number of nitrogens with zero attached hydrogens (tertiary/aromatic N) is 2. The maximum absolute atomic E-state index is 12.5. The molecule has 22 heavy (non-hydrogen) atoms. The number of nitrogens with two attached hydrogens (primary N) is 2. The van der Waals surface area contributed by atoms with Gasteiger partial charge >= 0.3 is 0 Å². The van der Waals surface area contributed by atoms with Crippen molar-refractivity contribution in [3.05, 3.63) is 35.6 Å². The molecule has 118 valence electrons. The molecule has 1 aromatic heterocycles. The van der Waals surface area contributed by atoms with Crippen LogP contribution in [0.1, 0.15) is 6.92 Å². The summed E-state index contributed by atoms with van der Waals surface area (Å²) < 4.78 is 27.4. The van der Waals surface area contributed by atoms with Gasteiger partial charge in [-0.05, 0) is 19.1 Å². The highest BCUT2D eigenvalue weighted by molar-refractivity contribution is 7.89. The Hall–Kier alpha value is -1.90. The van der Waals surface area contributed by atoms with E-state index in [1.54, 1.807) is 25.1 Å². The summed E-state index contributed by atoms with van der Waals surface area (Å²) in [4.78, 5) is 7.94. The number of aliphatic imine (C=N–C) groups is 1. The summed E-state index contributed by atoms with van der Waals surface area (Å²) in [5.74, 6) is -0.0882. The second kappa shape index (κ2) is 6.47. The number of fused-ring (bicyclic) bond motifs is 1. The van der Waals surface area contributed by atoms with Gasteiger partial charge in [0.15, 0.2) is 5.96 Å². The van der Waals surface area contributed by atoms with Crippen LogP contribution in [-0.4, -0.2) is 31.9 Å². The molecule has 7 nitrogen and oxygen atoms in total. The summed E-state index contributed by atoms with van der Waals surface area (Å²) in [5.41, 5.74) is 10.5. The Kier molecular flexibility index (Phi) is 4.84. The summed E-state index contributed by atoms with van der Waals surface area (Å²) in [6.45, 7) is 1.78. The van der Waals surface area contributed by atoms with Gasteiger partial charge < -0.3 is 11.5 Å². The lowest BCUT2D eigenvalue weighted by Crippen LogP contribution is -2.33. The third-order valence-electron chi connectivity index (χ3n) is 2.95. The lowest BCUT2D eigenvalue weighted by atomic mass is 10.2. The highest BCUT2D eigenvalue weighted by Crippen LogP contribution is 2.26. The first-order chi connectivity index (χ1) is 10.3. The Morgan fingerprint density at radius 3 is 2.77 bits per heavy atom. The van der Waals surface area contributed by atoms with Crippen molar-refractivity contribution in [3.8, 4) is 0 Å². The fraction of sp³-hybridized carbons (Fsp3) is 0.231. The van der Waals surface area contributed by atoms with Crippen molar-refractivity contribution in [2.75, 3.05) is 6.54 Å². The van der Waals surface area contributed by atoms with Crippen LogP contribution in [0.25, 0.3) is 10.8 Å². The number of halogens is 1. The maximum atomic E-state index is 12.5. The molecule has 0 saturated carbocycles. The molecule has 0 fully saturated rings. The minimum Gasteiger partial charge on any atom is -0.370 e. The van der Waals surface area contributed by atoms with Crippen molar-refractivity contribution in [2.24, 2.45) is 16.5 Å². The van der Waals surface area contributed by atoms with Crippen LogP contribution >= 0.6 is 11.6 Å². The van der Waals surface area contributed by atoms with E-state index >= 15 is 0 Å². The van der Waals surface area contributed by atoms with Gasteiger partial charge in [-0.25, -0.2) is 23.1 Å². The largest absolute Gasteiger partial charge is 0.370 e. The van der Waals surface area contributed by atoms with Crippen LogP contribution in [0.15, 0.2) is 40.4 Å². The molecule has 0 saturated heterocycles. The number of pyridine rings is 1. The summed E-state index contributed by atoms with van der Waals surface area (Å²) in [6.07, 6.45) is 1.46. The van der Waals surface area contributed by atoms with Crippen molar-refractivity contribution in [1.29, 1.82) is 0 Å². The monoisotopic (exact) mass is 341 g/mol. The smallest absolute Gasteiger partial charge is 0.241 e. The van der Waals surface area contributed by atoms with E-state index in [1.807, 2.05) is 0 Å². The molecule has 1 aromatic carbocycles. The molecule has 5 N–H and O–H groups in total. The second-order valence-electron chi connectivity index (χ2n) is 4.71. The lowest BCUT2D eigenvalue weighted by Gasteiger charge is -2.12. The van der Waals surface area contributed by atoms with Gasteiger partial charge in [0.1, 0.15) is 5.15 Å². The summed E-state index contributed by atoms with van der Waals surface area (Å²) in [7, 11) is -3.72. The van der Waals surface area contributed by atoms with Crippen molar-refractivity contribution in [3.63, 3.8) is 0 Å². The average Bonchev–Trinajstić information content (AvgIpc) is 2.44. The van der Waals surface area contributed by atoms with Crippen LogP contribution in [0, 0.1) is 0 Å².